The highest BCUT2D eigenvalue weighted by atomic mass is 79.9. The van der Waals surface area contributed by atoms with E-state index in [9.17, 15) is 0 Å². The summed E-state index contributed by atoms with van der Waals surface area (Å²) >= 11 is 8.87. The van der Waals surface area contributed by atoms with Gasteiger partial charge in [0.05, 0.1) is 6.07 Å². The first-order valence-corrected chi connectivity index (χ1v) is 4.11. The van der Waals surface area contributed by atoms with Gasteiger partial charge in [0.2, 0.25) is 0 Å². The van der Waals surface area contributed by atoms with Gasteiger partial charge in [-0.15, -0.1) is 11.6 Å². The zero-order valence-corrected chi connectivity index (χ0v) is 7.80. The van der Waals surface area contributed by atoms with E-state index in [-0.39, 0.29) is 0 Å². The molecule has 1 aromatic heterocycles. The second kappa shape index (κ2) is 3.70. The van der Waals surface area contributed by atoms with Gasteiger partial charge in [0, 0.05) is 22.4 Å². The average Bonchev–Trinajstić information content (AvgIpc) is 2.03. The molecule has 0 saturated carbocycles. The van der Waals surface area contributed by atoms with Crippen LogP contribution in [-0.2, 0) is 0 Å². The van der Waals surface area contributed by atoms with E-state index in [4.69, 9.17) is 16.9 Å². The molecule has 0 saturated heterocycles. The monoisotopic (exact) mass is 230 g/mol. The minimum atomic E-state index is -0.611. The molecular formula is C7H4BrClN2. The van der Waals surface area contributed by atoms with Gasteiger partial charge in [0.15, 0.2) is 0 Å². The Morgan fingerprint density at radius 1 is 1.64 bits per heavy atom. The number of nitriles is 1. The quantitative estimate of drug-likeness (QED) is 0.697. The summed E-state index contributed by atoms with van der Waals surface area (Å²) in [5.74, 6) is 0. The van der Waals surface area contributed by atoms with Gasteiger partial charge in [-0.1, -0.05) is 0 Å². The molecular weight excluding hydrogens is 227 g/mol. The molecule has 0 N–H and O–H groups in total. The Bertz CT molecular complexity index is 295. The van der Waals surface area contributed by atoms with Crippen LogP contribution in [0.4, 0.5) is 0 Å². The molecule has 4 heteroatoms. The highest BCUT2D eigenvalue weighted by Gasteiger charge is 2.05. The molecule has 0 aliphatic carbocycles. The third kappa shape index (κ3) is 2.18. The molecule has 2 nitrogen and oxygen atoms in total. The normalized spacial score (nSPS) is 12.1. The van der Waals surface area contributed by atoms with Crippen molar-refractivity contribution >= 4 is 27.5 Å². The summed E-state index contributed by atoms with van der Waals surface area (Å²) in [4.78, 5) is 3.87. The molecule has 56 valence electrons. The number of nitrogens with zero attached hydrogens (tertiary/aromatic N) is 2. The van der Waals surface area contributed by atoms with E-state index < -0.39 is 5.38 Å². The van der Waals surface area contributed by atoms with Crippen LogP contribution >= 0.6 is 27.5 Å². The molecule has 0 aliphatic rings. The molecule has 1 heterocycles. The van der Waals surface area contributed by atoms with Gasteiger partial charge in [-0.25, -0.2) is 0 Å². The summed E-state index contributed by atoms with van der Waals surface area (Å²) < 4.78 is 0.830. The topological polar surface area (TPSA) is 36.7 Å². The number of hydrogen-bond donors (Lipinski definition) is 0. The highest BCUT2D eigenvalue weighted by molar-refractivity contribution is 9.10. The van der Waals surface area contributed by atoms with Gasteiger partial charge < -0.3 is 0 Å². The number of aromatic nitrogens is 1. The molecule has 0 bridgehead atoms. The Kier molecular flexibility index (Phi) is 2.86. The molecule has 0 radical (unpaired) electrons. The first-order valence-electron chi connectivity index (χ1n) is 2.88. The second-order valence-corrected chi connectivity index (χ2v) is 3.28. The number of hydrogen-bond acceptors (Lipinski definition) is 2. The Balaban J connectivity index is 2.98. The molecule has 0 spiro atoms. The van der Waals surface area contributed by atoms with Crippen molar-refractivity contribution < 1.29 is 0 Å². The summed E-state index contributed by atoms with van der Waals surface area (Å²) in [5.41, 5.74) is 0.712. The Hall–Kier alpha value is -0.590. The van der Waals surface area contributed by atoms with Crippen LogP contribution in [0, 0.1) is 11.3 Å². The van der Waals surface area contributed by atoms with Crippen LogP contribution < -0.4 is 0 Å². The van der Waals surface area contributed by atoms with Crippen molar-refractivity contribution in [2.75, 3.05) is 0 Å². The second-order valence-electron chi connectivity index (χ2n) is 1.93. The first-order chi connectivity index (χ1) is 5.24. The minimum absolute atomic E-state index is 0.611. The lowest BCUT2D eigenvalue weighted by molar-refractivity contribution is 1.15. The lowest BCUT2D eigenvalue weighted by Crippen LogP contribution is -1.86. The van der Waals surface area contributed by atoms with Crippen LogP contribution in [0.5, 0.6) is 0 Å². The van der Waals surface area contributed by atoms with Gasteiger partial charge in [-0.3, -0.25) is 4.98 Å². The molecule has 1 atom stereocenters. The maximum Gasteiger partial charge on any atom is 0.147 e. The number of alkyl halides is 1. The Morgan fingerprint density at radius 3 is 2.91 bits per heavy atom. The third-order valence-electron chi connectivity index (χ3n) is 1.13. The average molecular weight is 231 g/mol. The maximum atomic E-state index is 8.45. The van der Waals surface area contributed by atoms with Gasteiger partial charge in [-0.05, 0) is 22.0 Å². The minimum Gasteiger partial charge on any atom is -0.263 e. The molecule has 0 fully saturated rings. The van der Waals surface area contributed by atoms with E-state index in [1.807, 2.05) is 6.07 Å². The first kappa shape index (κ1) is 8.51. The summed E-state index contributed by atoms with van der Waals surface area (Å²) in [6.07, 6.45) is 3.22. The van der Waals surface area contributed by atoms with Crippen LogP contribution in [0.1, 0.15) is 10.9 Å². The molecule has 11 heavy (non-hydrogen) atoms. The lowest BCUT2D eigenvalue weighted by Gasteiger charge is -1.98. The zero-order chi connectivity index (χ0) is 8.27. The summed E-state index contributed by atoms with van der Waals surface area (Å²) in [6, 6.07) is 3.68. The van der Waals surface area contributed by atoms with E-state index >= 15 is 0 Å². The van der Waals surface area contributed by atoms with E-state index in [2.05, 4.69) is 20.9 Å². The van der Waals surface area contributed by atoms with Crippen molar-refractivity contribution in [3.05, 3.63) is 28.5 Å². The molecule has 0 aromatic carbocycles. The summed E-state index contributed by atoms with van der Waals surface area (Å²) in [5, 5.41) is 7.84. The number of halogens is 2. The van der Waals surface area contributed by atoms with Crippen LogP contribution in [0.25, 0.3) is 0 Å². The van der Waals surface area contributed by atoms with Crippen molar-refractivity contribution in [3.63, 3.8) is 0 Å². The van der Waals surface area contributed by atoms with Crippen molar-refractivity contribution in [1.82, 2.24) is 4.98 Å². The van der Waals surface area contributed by atoms with E-state index in [0.29, 0.717) is 5.56 Å². The number of pyridine rings is 1. The van der Waals surface area contributed by atoms with Gasteiger partial charge in [0.1, 0.15) is 5.38 Å². The van der Waals surface area contributed by atoms with Crippen LogP contribution in [0.2, 0.25) is 0 Å². The Labute approximate surface area is 77.9 Å². The van der Waals surface area contributed by atoms with Gasteiger partial charge in [-0.2, -0.15) is 5.26 Å². The molecule has 1 rings (SSSR count). The zero-order valence-electron chi connectivity index (χ0n) is 5.46. The largest absolute Gasteiger partial charge is 0.263 e. The highest BCUT2D eigenvalue weighted by Crippen LogP contribution is 2.20. The lowest BCUT2D eigenvalue weighted by atomic mass is 10.2. The molecule has 1 unspecified atom stereocenters. The smallest absolute Gasteiger partial charge is 0.147 e. The fourth-order valence-electron chi connectivity index (χ4n) is 0.641. The fraction of sp³-hybridized carbons (Fsp3) is 0.143. The molecule has 1 aromatic rings. The van der Waals surface area contributed by atoms with Crippen LogP contribution in [0.15, 0.2) is 22.9 Å². The fourth-order valence-corrected chi connectivity index (χ4v) is 1.14. The van der Waals surface area contributed by atoms with E-state index in [0.717, 1.165) is 4.47 Å². The third-order valence-corrected chi connectivity index (χ3v) is 1.92. The predicted molar refractivity (Wildman–Crippen MR) is 46.1 cm³/mol. The van der Waals surface area contributed by atoms with Crippen LogP contribution in [0.3, 0.4) is 0 Å². The van der Waals surface area contributed by atoms with E-state index in [1.165, 1.54) is 0 Å². The SMILES string of the molecule is N#CC(Cl)c1cncc(Br)c1. The predicted octanol–water partition coefficient (Wildman–Crippen LogP) is 2.65. The Morgan fingerprint density at radius 2 is 2.36 bits per heavy atom. The summed E-state index contributed by atoms with van der Waals surface area (Å²) in [6.45, 7) is 0. The van der Waals surface area contributed by atoms with Crippen molar-refractivity contribution in [2.24, 2.45) is 0 Å². The van der Waals surface area contributed by atoms with Crippen molar-refractivity contribution in [1.29, 1.82) is 5.26 Å². The number of rotatable bonds is 1. The maximum absolute atomic E-state index is 8.45. The van der Waals surface area contributed by atoms with Gasteiger partial charge in [0.25, 0.3) is 0 Å². The van der Waals surface area contributed by atoms with Crippen molar-refractivity contribution in [2.45, 2.75) is 5.38 Å². The standard InChI is InChI=1S/C7H4BrClN2/c8-6-1-5(3-11-4-6)7(9)2-10/h1,3-4,7H. The van der Waals surface area contributed by atoms with Gasteiger partial charge >= 0.3 is 0 Å². The van der Waals surface area contributed by atoms with E-state index in [1.54, 1.807) is 18.5 Å². The summed E-state index contributed by atoms with van der Waals surface area (Å²) in [7, 11) is 0. The van der Waals surface area contributed by atoms with Crippen molar-refractivity contribution in [3.8, 4) is 6.07 Å². The van der Waals surface area contributed by atoms with Crippen LogP contribution in [-0.4, -0.2) is 4.98 Å². The molecule has 0 aliphatic heterocycles. The molecule has 0 amide bonds.